The van der Waals surface area contributed by atoms with Crippen LogP contribution in [0, 0.1) is 12.7 Å². The summed E-state index contributed by atoms with van der Waals surface area (Å²) in [5.41, 5.74) is 2.43. The van der Waals surface area contributed by atoms with Crippen LogP contribution in [0.25, 0.3) is 11.3 Å². The van der Waals surface area contributed by atoms with Crippen LogP contribution >= 0.6 is 0 Å². The molecule has 0 unspecified atom stereocenters. The molecule has 0 radical (unpaired) electrons. The van der Waals surface area contributed by atoms with E-state index < -0.39 is 0 Å². The van der Waals surface area contributed by atoms with Gasteiger partial charge in [0.1, 0.15) is 11.6 Å². The second-order valence-electron chi connectivity index (χ2n) is 4.94. The van der Waals surface area contributed by atoms with Gasteiger partial charge in [-0.3, -0.25) is 4.79 Å². The molecule has 22 heavy (non-hydrogen) atoms. The van der Waals surface area contributed by atoms with Gasteiger partial charge >= 0.3 is 0 Å². The van der Waals surface area contributed by atoms with Crippen LogP contribution in [-0.4, -0.2) is 5.91 Å². The Morgan fingerprint density at radius 1 is 1.00 bits per heavy atom. The molecular weight excluding hydrogens is 281 g/mol. The van der Waals surface area contributed by atoms with Crippen molar-refractivity contribution >= 4 is 11.6 Å². The minimum absolute atomic E-state index is 0.211. The smallest absolute Gasteiger partial charge is 0.291 e. The quantitative estimate of drug-likeness (QED) is 0.764. The predicted octanol–water partition coefficient (Wildman–Crippen LogP) is 4.65. The molecule has 0 aliphatic rings. The Morgan fingerprint density at radius 3 is 2.45 bits per heavy atom. The number of amides is 1. The Bertz CT molecular complexity index is 806. The standard InChI is InChI=1S/C18H14FNO2/c1-12-4-2-3-5-15(12)20-18(21)17-11-10-16(22-17)13-6-8-14(19)9-7-13/h2-11H,1H3,(H,20,21). The van der Waals surface area contributed by atoms with Crippen molar-refractivity contribution in [1.29, 1.82) is 0 Å². The summed E-state index contributed by atoms with van der Waals surface area (Å²) in [5.74, 6) is 0.105. The zero-order chi connectivity index (χ0) is 15.5. The molecule has 3 rings (SSSR count). The van der Waals surface area contributed by atoms with Crippen LogP contribution in [0.1, 0.15) is 16.1 Å². The highest BCUT2D eigenvalue weighted by Crippen LogP contribution is 2.23. The first-order chi connectivity index (χ1) is 10.6. The van der Waals surface area contributed by atoms with Crippen molar-refractivity contribution in [3.05, 3.63) is 77.8 Å². The monoisotopic (exact) mass is 295 g/mol. The van der Waals surface area contributed by atoms with Gasteiger partial charge in [-0.05, 0) is 55.0 Å². The number of hydrogen-bond acceptors (Lipinski definition) is 2. The van der Waals surface area contributed by atoms with Gasteiger partial charge in [0.2, 0.25) is 0 Å². The fraction of sp³-hybridized carbons (Fsp3) is 0.0556. The van der Waals surface area contributed by atoms with Crippen LogP contribution in [0.4, 0.5) is 10.1 Å². The molecule has 1 N–H and O–H groups in total. The summed E-state index contributed by atoms with van der Waals surface area (Å²) in [4.78, 5) is 12.2. The lowest BCUT2D eigenvalue weighted by Crippen LogP contribution is -2.11. The first-order valence-corrected chi connectivity index (χ1v) is 6.86. The fourth-order valence-corrected chi connectivity index (χ4v) is 2.13. The number of carbonyl (C=O) groups excluding carboxylic acids is 1. The summed E-state index contributed by atoms with van der Waals surface area (Å²) in [6.45, 7) is 1.92. The van der Waals surface area contributed by atoms with Gasteiger partial charge in [-0.2, -0.15) is 0 Å². The summed E-state index contributed by atoms with van der Waals surface area (Å²) < 4.78 is 18.5. The van der Waals surface area contributed by atoms with Gasteiger partial charge in [0.25, 0.3) is 5.91 Å². The molecule has 0 spiro atoms. The second-order valence-corrected chi connectivity index (χ2v) is 4.94. The first kappa shape index (κ1) is 14.1. The number of hydrogen-bond donors (Lipinski definition) is 1. The maximum atomic E-state index is 12.9. The molecular formula is C18H14FNO2. The van der Waals surface area contributed by atoms with Gasteiger partial charge in [-0.25, -0.2) is 4.39 Å². The molecule has 4 heteroatoms. The maximum Gasteiger partial charge on any atom is 0.291 e. The Balaban J connectivity index is 1.80. The summed E-state index contributed by atoms with van der Waals surface area (Å²) >= 11 is 0. The number of aryl methyl sites for hydroxylation is 1. The van der Waals surface area contributed by atoms with Gasteiger partial charge in [0, 0.05) is 11.3 Å². The van der Waals surface area contributed by atoms with E-state index in [0.717, 1.165) is 16.8 Å². The van der Waals surface area contributed by atoms with Crippen LogP contribution in [0.2, 0.25) is 0 Å². The van der Waals surface area contributed by atoms with Crippen molar-refractivity contribution in [3.63, 3.8) is 0 Å². The molecule has 0 bridgehead atoms. The van der Waals surface area contributed by atoms with Crippen molar-refractivity contribution in [2.24, 2.45) is 0 Å². The minimum Gasteiger partial charge on any atom is -0.451 e. The third-order valence-corrected chi connectivity index (χ3v) is 3.35. The zero-order valence-corrected chi connectivity index (χ0v) is 12.0. The number of nitrogens with one attached hydrogen (secondary N) is 1. The molecule has 3 nitrogen and oxygen atoms in total. The molecule has 0 aliphatic carbocycles. The van der Waals surface area contributed by atoms with Crippen molar-refractivity contribution in [1.82, 2.24) is 0 Å². The van der Waals surface area contributed by atoms with Crippen LogP contribution in [0.3, 0.4) is 0 Å². The van der Waals surface area contributed by atoms with Crippen LogP contribution in [0.15, 0.2) is 65.1 Å². The molecule has 1 heterocycles. The Kier molecular flexibility index (Phi) is 3.74. The SMILES string of the molecule is Cc1ccccc1NC(=O)c1ccc(-c2ccc(F)cc2)o1. The van der Waals surface area contributed by atoms with Crippen molar-refractivity contribution in [2.75, 3.05) is 5.32 Å². The highest BCUT2D eigenvalue weighted by Gasteiger charge is 2.13. The van der Waals surface area contributed by atoms with Crippen LogP contribution < -0.4 is 5.32 Å². The summed E-state index contributed by atoms with van der Waals surface area (Å²) in [6, 6.07) is 16.7. The fourth-order valence-electron chi connectivity index (χ4n) is 2.13. The number of para-hydroxylation sites is 1. The third-order valence-electron chi connectivity index (χ3n) is 3.35. The number of carbonyl (C=O) groups is 1. The van der Waals surface area contributed by atoms with E-state index in [9.17, 15) is 9.18 Å². The van der Waals surface area contributed by atoms with Gasteiger partial charge in [0.05, 0.1) is 0 Å². The van der Waals surface area contributed by atoms with Gasteiger partial charge in [-0.1, -0.05) is 18.2 Å². The number of benzene rings is 2. The maximum absolute atomic E-state index is 12.9. The molecule has 0 saturated heterocycles. The molecule has 2 aromatic carbocycles. The molecule has 1 aromatic heterocycles. The van der Waals surface area contributed by atoms with Crippen LogP contribution in [-0.2, 0) is 0 Å². The first-order valence-electron chi connectivity index (χ1n) is 6.86. The summed E-state index contributed by atoms with van der Waals surface area (Å²) in [5, 5.41) is 2.81. The van der Waals surface area contributed by atoms with E-state index in [1.165, 1.54) is 12.1 Å². The van der Waals surface area contributed by atoms with E-state index in [1.54, 1.807) is 24.3 Å². The topological polar surface area (TPSA) is 42.2 Å². The van der Waals surface area contributed by atoms with E-state index in [0.29, 0.717) is 5.76 Å². The molecule has 0 fully saturated rings. The van der Waals surface area contributed by atoms with Gasteiger partial charge in [0.15, 0.2) is 5.76 Å². The van der Waals surface area contributed by atoms with E-state index in [1.807, 2.05) is 31.2 Å². The highest BCUT2D eigenvalue weighted by atomic mass is 19.1. The molecule has 3 aromatic rings. The largest absolute Gasteiger partial charge is 0.451 e. The molecule has 0 aliphatic heterocycles. The number of furan rings is 1. The summed E-state index contributed by atoms with van der Waals surface area (Å²) in [6.07, 6.45) is 0. The number of anilines is 1. The average molecular weight is 295 g/mol. The Morgan fingerprint density at radius 2 is 1.73 bits per heavy atom. The zero-order valence-electron chi connectivity index (χ0n) is 12.0. The second kappa shape index (κ2) is 5.85. The Labute approximate surface area is 127 Å². The lowest BCUT2D eigenvalue weighted by Gasteiger charge is -2.06. The van der Waals surface area contributed by atoms with Crippen molar-refractivity contribution in [2.45, 2.75) is 6.92 Å². The minimum atomic E-state index is -0.317. The number of halogens is 1. The average Bonchev–Trinajstić information content (AvgIpc) is 3.00. The van der Waals surface area contributed by atoms with E-state index in [4.69, 9.17) is 4.42 Å². The number of rotatable bonds is 3. The van der Waals surface area contributed by atoms with E-state index in [2.05, 4.69) is 5.32 Å². The highest BCUT2D eigenvalue weighted by molar-refractivity contribution is 6.03. The molecule has 1 amide bonds. The van der Waals surface area contributed by atoms with Crippen LogP contribution in [0.5, 0.6) is 0 Å². The Hall–Kier alpha value is -2.88. The van der Waals surface area contributed by atoms with Gasteiger partial charge in [-0.15, -0.1) is 0 Å². The molecule has 110 valence electrons. The lowest BCUT2D eigenvalue weighted by atomic mass is 10.2. The van der Waals surface area contributed by atoms with Gasteiger partial charge < -0.3 is 9.73 Å². The molecule has 0 saturated carbocycles. The van der Waals surface area contributed by atoms with Crippen molar-refractivity contribution < 1.29 is 13.6 Å². The summed E-state index contributed by atoms with van der Waals surface area (Å²) in [7, 11) is 0. The predicted molar refractivity (Wildman–Crippen MR) is 83.2 cm³/mol. The van der Waals surface area contributed by atoms with Crippen molar-refractivity contribution in [3.8, 4) is 11.3 Å². The normalized spacial score (nSPS) is 10.5. The third kappa shape index (κ3) is 2.91. The van der Waals surface area contributed by atoms with E-state index >= 15 is 0 Å². The molecule has 0 atom stereocenters. The van der Waals surface area contributed by atoms with E-state index in [-0.39, 0.29) is 17.5 Å². The lowest BCUT2D eigenvalue weighted by molar-refractivity contribution is 0.0997.